The molecule has 0 aliphatic carbocycles. The number of likely N-dealkylation sites (tertiary alicyclic amines) is 1. The molecule has 0 aromatic rings. The maximum atomic E-state index is 9.93. The maximum Gasteiger partial charge on any atom is 0.0900 e. The number of hydrogen-bond donors (Lipinski definition) is 2. The molecule has 20 heavy (non-hydrogen) atoms. The van der Waals surface area contributed by atoms with Gasteiger partial charge in [-0.2, -0.15) is 0 Å². The Bertz CT molecular complexity index is 221. The van der Waals surface area contributed by atoms with Crippen LogP contribution < -0.4 is 5.73 Å². The molecule has 1 aliphatic heterocycles. The average molecular weight is 288 g/mol. The van der Waals surface area contributed by atoms with Crippen molar-refractivity contribution in [3.05, 3.63) is 0 Å². The van der Waals surface area contributed by atoms with Crippen molar-refractivity contribution in [3.8, 4) is 0 Å². The molecule has 1 fully saturated rings. The first kappa shape index (κ1) is 17.9. The van der Waals surface area contributed by atoms with E-state index in [9.17, 15) is 5.11 Å². The first-order valence-corrected chi connectivity index (χ1v) is 8.06. The Labute approximate surface area is 123 Å². The fraction of sp³-hybridized carbons (Fsp3) is 1.00. The number of nitrogens with two attached hydrogens (primary N) is 1. The predicted octanol–water partition coefficient (Wildman–Crippen LogP) is 0.994. The van der Waals surface area contributed by atoms with Gasteiger partial charge in [-0.3, -0.25) is 0 Å². The number of β-amino-alcohol motifs (C(OH)–C–C–N with tert-alkyl or cyclic N) is 1. The van der Waals surface area contributed by atoms with Crippen LogP contribution in [0.15, 0.2) is 0 Å². The number of aliphatic hydroxyl groups excluding tert-OH is 1. The van der Waals surface area contributed by atoms with E-state index >= 15 is 0 Å². The molecule has 5 heteroatoms. The third-order valence-electron chi connectivity index (χ3n) is 3.66. The number of ether oxygens (including phenoxy) is 2. The maximum absolute atomic E-state index is 9.93. The van der Waals surface area contributed by atoms with E-state index in [0.717, 1.165) is 58.4 Å². The van der Waals surface area contributed by atoms with E-state index in [2.05, 4.69) is 11.8 Å². The molecule has 120 valence electrons. The summed E-state index contributed by atoms with van der Waals surface area (Å²) in [7, 11) is 0. The van der Waals surface area contributed by atoms with Gasteiger partial charge in [-0.15, -0.1) is 0 Å². The standard InChI is InChI=1S/C15H32N2O3/c1-2-3-10-19-13-14(18)12-17-8-5-15(6-9-17)20-11-4-7-16/h14-15,18H,2-13,16H2,1H3. The number of unbranched alkanes of at least 4 members (excludes halogenated alkanes) is 1. The van der Waals surface area contributed by atoms with Crippen LogP contribution in [0.4, 0.5) is 0 Å². The average Bonchev–Trinajstić information content (AvgIpc) is 2.46. The zero-order chi connectivity index (χ0) is 14.6. The lowest BCUT2D eigenvalue weighted by Crippen LogP contribution is -2.42. The van der Waals surface area contributed by atoms with Crippen molar-refractivity contribution >= 4 is 0 Å². The van der Waals surface area contributed by atoms with Crippen LogP contribution in [-0.2, 0) is 9.47 Å². The largest absolute Gasteiger partial charge is 0.389 e. The summed E-state index contributed by atoms with van der Waals surface area (Å²) in [4.78, 5) is 2.30. The molecule has 0 aromatic carbocycles. The van der Waals surface area contributed by atoms with Gasteiger partial charge < -0.3 is 25.2 Å². The Morgan fingerprint density at radius 2 is 2.00 bits per heavy atom. The Balaban J connectivity index is 2.03. The van der Waals surface area contributed by atoms with Crippen LogP contribution in [-0.4, -0.2) is 68.2 Å². The highest BCUT2D eigenvalue weighted by Gasteiger charge is 2.21. The molecule has 0 saturated carbocycles. The van der Waals surface area contributed by atoms with E-state index in [0.29, 0.717) is 25.8 Å². The number of hydrogen-bond acceptors (Lipinski definition) is 5. The van der Waals surface area contributed by atoms with Crippen molar-refractivity contribution in [3.63, 3.8) is 0 Å². The van der Waals surface area contributed by atoms with Crippen LogP contribution in [0.25, 0.3) is 0 Å². The van der Waals surface area contributed by atoms with Gasteiger partial charge >= 0.3 is 0 Å². The first-order valence-electron chi connectivity index (χ1n) is 8.06. The number of nitrogens with zero attached hydrogens (tertiary/aromatic N) is 1. The van der Waals surface area contributed by atoms with Crippen LogP contribution in [0, 0.1) is 0 Å². The van der Waals surface area contributed by atoms with Crippen molar-refractivity contribution < 1.29 is 14.6 Å². The summed E-state index contributed by atoms with van der Waals surface area (Å²) >= 11 is 0. The van der Waals surface area contributed by atoms with Crippen molar-refractivity contribution in [1.82, 2.24) is 4.90 Å². The number of rotatable bonds is 11. The van der Waals surface area contributed by atoms with Crippen LogP contribution in [0.5, 0.6) is 0 Å². The molecule has 0 radical (unpaired) electrons. The lowest BCUT2D eigenvalue weighted by Gasteiger charge is -2.33. The van der Waals surface area contributed by atoms with E-state index in [1.807, 2.05) is 0 Å². The van der Waals surface area contributed by atoms with Gasteiger partial charge in [0, 0.05) is 32.8 Å². The molecule has 3 N–H and O–H groups in total. The third kappa shape index (κ3) is 8.17. The summed E-state index contributed by atoms with van der Waals surface area (Å²) < 4.78 is 11.2. The van der Waals surface area contributed by atoms with Gasteiger partial charge in [-0.1, -0.05) is 13.3 Å². The molecule has 1 atom stereocenters. The van der Waals surface area contributed by atoms with Crippen LogP contribution in [0.1, 0.15) is 39.0 Å². The summed E-state index contributed by atoms with van der Waals surface area (Å²) in [5, 5.41) is 9.93. The zero-order valence-electron chi connectivity index (χ0n) is 12.9. The molecule has 1 unspecified atom stereocenters. The van der Waals surface area contributed by atoms with Gasteiger partial charge in [0.05, 0.1) is 18.8 Å². The molecule has 0 spiro atoms. The molecule has 1 saturated heterocycles. The molecule has 0 bridgehead atoms. The minimum Gasteiger partial charge on any atom is -0.389 e. The third-order valence-corrected chi connectivity index (χ3v) is 3.66. The van der Waals surface area contributed by atoms with Crippen LogP contribution >= 0.6 is 0 Å². The predicted molar refractivity (Wildman–Crippen MR) is 80.8 cm³/mol. The van der Waals surface area contributed by atoms with E-state index in [1.165, 1.54) is 0 Å². The smallest absolute Gasteiger partial charge is 0.0900 e. The van der Waals surface area contributed by atoms with Crippen molar-refractivity contribution in [1.29, 1.82) is 0 Å². The summed E-state index contributed by atoms with van der Waals surface area (Å²) in [6.07, 6.45) is 5.24. The minimum atomic E-state index is -0.374. The molecule has 5 nitrogen and oxygen atoms in total. The Kier molecular flexibility index (Phi) is 10.2. The Morgan fingerprint density at radius 1 is 1.25 bits per heavy atom. The Morgan fingerprint density at radius 3 is 2.65 bits per heavy atom. The quantitative estimate of drug-likeness (QED) is 0.555. The monoisotopic (exact) mass is 288 g/mol. The topological polar surface area (TPSA) is 68.0 Å². The fourth-order valence-electron chi connectivity index (χ4n) is 2.41. The molecule has 1 aliphatic rings. The van der Waals surface area contributed by atoms with Crippen molar-refractivity contribution in [2.75, 3.05) is 46.0 Å². The number of piperidine rings is 1. The SMILES string of the molecule is CCCCOCC(O)CN1CCC(OCCCN)CC1. The van der Waals surface area contributed by atoms with E-state index in [1.54, 1.807) is 0 Å². The summed E-state index contributed by atoms with van der Waals surface area (Å²) in [5.74, 6) is 0. The second kappa shape index (κ2) is 11.5. The van der Waals surface area contributed by atoms with Crippen LogP contribution in [0.3, 0.4) is 0 Å². The highest BCUT2D eigenvalue weighted by atomic mass is 16.5. The van der Waals surface area contributed by atoms with Gasteiger partial charge in [-0.05, 0) is 32.2 Å². The fourth-order valence-corrected chi connectivity index (χ4v) is 2.41. The van der Waals surface area contributed by atoms with Crippen molar-refractivity contribution in [2.45, 2.75) is 51.2 Å². The lowest BCUT2D eigenvalue weighted by molar-refractivity contribution is -0.0178. The summed E-state index contributed by atoms with van der Waals surface area (Å²) in [6, 6.07) is 0. The van der Waals surface area contributed by atoms with Crippen LogP contribution in [0.2, 0.25) is 0 Å². The second-order valence-electron chi connectivity index (χ2n) is 5.60. The molecular formula is C15H32N2O3. The first-order chi connectivity index (χ1) is 9.76. The van der Waals surface area contributed by atoms with E-state index in [4.69, 9.17) is 15.2 Å². The van der Waals surface area contributed by atoms with E-state index < -0.39 is 0 Å². The second-order valence-corrected chi connectivity index (χ2v) is 5.60. The zero-order valence-corrected chi connectivity index (χ0v) is 12.9. The van der Waals surface area contributed by atoms with Gasteiger partial charge in [0.2, 0.25) is 0 Å². The number of aliphatic hydroxyl groups is 1. The normalized spacial score (nSPS) is 19.4. The molecule has 1 rings (SSSR count). The van der Waals surface area contributed by atoms with Crippen molar-refractivity contribution in [2.24, 2.45) is 5.73 Å². The molecule has 1 heterocycles. The molecular weight excluding hydrogens is 256 g/mol. The highest BCUT2D eigenvalue weighted by molar-refractivity contribution is 4.74. The van der Waals surface area contributed by atoms with Gasteiger partial charge in [0.15, 0.2) is 0 Å². The summed E-state index contributed by atoms with van der Waals surface area (Å²) in [5.41, 5.74) is 5.45. The minimum absolute atomic E-state index is 0.371. The molecule has 0 aromatic heterocycles. The van der Waals surface area contributed by atoms with E-state index in [-0.39, 0.29) is 6.10 Å². The lowest BCUT2D eigenvalue weighted by atomic mass is 10.1. The highest BCUT2D eigenvalue weighted by Crippen LogP contribution is 2.14. The molecule has 0 amide bonds. The summed E-state index contributed by atoms with van der Waals surface area (Å²) in [6.45, 7) is 7.52. The van der Waals surface area contributed by atoms with Gasteiger partial charge in [0.25, 0.3) is 0 Å². The van der Waals surface area contributed by atoms with Gasteiger partial charge in [0.1, 0.15) is 0 Å². The van der Waals surface area contributed by atoms with Gasteiger partial charge in [-0.25, -0.2) is 0 Å². The Hall–Kier alpha value is -0.200.